The molecular weight excluding hydrogens is 603 g/mol. The molecule has 0 aliphatic heterocycles. The number of fused-ring (bicyclic) bond motifs is 4. The van der Waals surface area contributed by atoms with Crippen LogP contribution in [0.3, 0.4) is 0 Å². The van der Waals surface area contributed by atoms with Gasteiger partial charge < -0.3 is 4.90 Å². The molecule has 0 atom stereocenters. The van der Waals surface area contributed by atoms with Gasteiger partial charge in [0.2, 0.25) is 0 Å². The third kappa shape index (κ3) is 4.94. The molecule has 1 aliphatic carbocycles. The van der Waals surface area contributed by atoms with Crippen LogP contribution in [0.2, 0.25) is 0 Å². The molecule has 1 heteroatoms. The summed E-state index contributed by atoms with van der Waals surface area (Å²) in [6.45, 7) is 4.71. The summed E-state index contributed by atoms with van der Waals surface area (Å²) in [5, 5.41) is 2.52. The molecule has 9 rings (SSSR count). The quantitative estimate of drug-likeness (QED) is 0.175. The van der Waals surface area contributed by atoms with Gasteiger partial charge in [0.25, 0.3) is 0 Å². The number of benzene rings is 8. The molecule has 0 amide bonds. The molecule has 8 aromatic carbocycles. The van der Waals surface area contributed by atoms with Gasteiger partial charge in [-0.3, -0.25) is 0 Å². The molecule has 0 bridgehead atoms. The van der Waals surface area contributed by atoms with E-state index in [2.05, 4.69) is 207 Å². The molecule has 50 heavy (non-hydrogen) atoms. The predicted octanol–water partition coefficient (Wildman–Crippen LogP) is 13.6. The van der Waals surface area contributed by atoms with Crippen molar-refractivity contribution in [3.63, 3.8) is 0 Å². The maximum Gasteiger partial charge on any atom is 0.0543 e. The van der Waals surface area contributed by atoms with E-state index in [0.29, 0.717) is 0 Å². The van der Waals surface area contributed by atoms with Gasteiger partial charge in [-0.05, 0) is 85.6 Å². The zero-order valence-electron chi connectivity index (χ0n) is 28.3. The van der Waals surface area contributed by atoms with E-state index in [9.17, 15) is 0 Å². The summed E-state index contributed by atoms with van der Waals surface area (Å²) in [6.07, 6.45) is 0. The zero-order chi connectivity index (χ0) is 33.7. The normalized spacial score (nSPS) is 12.8. The van der Waals surface area contributed by atoms with Gasteiger partial charge in [-0.1, -0.05) is 172 Å². The molecule has 0 heterocycles. The Balaban J connectivity index is 1.29. The second-order valence-corrected chi connectivity index (χ2v) is 13.7. The summed E-state index contributed by atoms with van der Waals surface area (Å²) in [7, 11) is 0. The Labute approximate surface area is 294 Å². The van der Waals surface area contributed by atoms with E-state index < -0.39 is 0 Å². The number of hydrogen-bond acceptors (Lipinski definition) is 1. The second kappa shape index (κ2) is 12.1. The fourth-order valence-corrected chi connectivity index (χ4v) is 7.99. The van der Waals surface area contributed by atoms with Crippen LogP contribution in [0.4, 0.5) is 17.1 Å². The Morgan fingerprint density at radius 2 is 0.960 bits per heavy atom. The van der Waals surface area contributed by atoms with E-state index in [1.54, 1.807) is 0 Å². The topological polar surface area (TPSA) is 3.24 Å². The zero-order valence-corrected chi connectivity index (χ0v) is 28.3. The van der Waals surface area contributed by atoms with Gasteiger partial charge in [-0.25, -0.2) is 0 Å². The molecule has 0 unspecified atom stereocenters. The Bertz CT molecular complexity index is 2490. The Morgan fingerprint density at radius 3 is 1.76 bits per heavy atom. The standard InChI is InChI=1S/C49H37N/c1-49(2)44-24-12-11-22-42(44)48-45(49)25-14-26-47(48)50(39-30-27-37(28-31-39)41-23-13-20-35-19-9-10-21-40(35)41)46-32-29-38(34-15-5-3-6-16-34)33-43(46)36-17-7-4-8-18-36/h3-33H,1-2H3. The van der Waals surface area contributed by atoms with E-state index >= 15 is 0 Å². The highest BCUT2D eigenvalue weighted by atomic mass is 15.1. The van der Waals surface area contributed by atoms with E-state index in [4.69, 9.17) is 0 Å². The lowest BCUT2D eigenvalue weighted by Crippen LogP contribution is -2.16. The second-order valence-electron chi connectivity index (χ2n) is 13.7. The fraction of sp³-hybridized carbons (Fsp3) is 0.0612. The molecule has 0 fully saturated rings. The van der Waals surface area contributed by atoms with E-state index in [1.165, 1.54) is 72.1 Å². The van der Waals surface area contributed by atoms with Crippen LogP contribution in [0.1, 0.15) is 25.0 Å². The highest BCUT2D eigenvalue weighted by Gasteiger charge is 2.38. The van der Waals surface area contributed by atoms with Crippen LogP contribution in [-0.4, -0.2) is 0 Å². The Morgan fingerprint density at radius 1 is 0.380 bits per heavy atom. The first-order valence-electron chi connectivity index (χ1n) is 17.4. The highest BCUT2D eigenvalue weighted by Crippen LogP contribution is 2.55. The number of nitrogens with zero attached hydrogens (tertiary/aromatic N) is 1. The molecule has 0 radical (unpaired) electrons. The molecule has 1 nitrogen and oxygen atoms in total. The van der Waals surface area contributed by atoms with Crippen molar-refractivity contribution in [2.45, 2.75) is 19.3 Å². The number of hydrogen-bond donors (Lipinski definition) is 0. The largest absolute Gasteiger partial charge is 0.309 e. The van der Waals surface area contributed by atoms with Gasteiger partial charge in [-0.2, -0.15) is 0 Å². The molecule has 0 spiro atoms. The molecule has 0 N–H and O–H groups in total. The summed E-state index contributed by atoms with van der Waals surface area (Å²) in [6, 6.07) is 68.6. The first kappa shape index (κ1) is 29.9. The van der Waals surface area contributed by atoms with Crippen molar-refractivity contribution >= 4 is 27.8 Å². The molecular formula is C49H37N. The average molecular weight is 640 g/mol. The predicted molar refractivity (Wildman–Crippen MR) is 213 cm³/mol. The van der Waals surface area contributed by atoms with E-state index in [-0.39, 0.29) is 5.41 Å². The molecule has 1 aliphatic rings. The van der Waals surface area contributed by atoms with Crippen LogP contribution < -0.4 is 4.90 Å². The third-order valence-electron chi connectivity index (χ3n) is 10.5. The van der Waals surface area contributed by atoms with Gasteiger partial charge >= 0.3 is 0 Å². The van der Waals surface area contributed by atoms with Crippen molar-refractivity contribution in [2.24, 2.45) is 0 Å². The van der Waals surface area contributed by atoms with Gasteiger partial charge in [0.1, 0.15) is 0 Å². The number of anilines is 3. The van der Waals surface area contributed by atoms with Crippen molar-refractivity contribution in [2.75, 3.05) is 4.90 Å². The van der Waals surface area contributed by atoms with Crippen molar-refractivity contribution in [3.8, 4) is 44.5 Å². The maximum absolute atomic E-state index is 2.49. The van der Waals surface area contributed by atoms with Crippen molar-refractivity contribution < 1.29 is 0 Å². The first-order chi connectivity index (χ1) is 24.6. The van der Waals surface area contributed by atoms with Crippen LogP contribution in [-0.2, 0) is 5.41 Å². The number of rotatable bonds is 6. The Hall–Kier alpha value is -6.18. The highest BCUT2D eigenvalue weighted by molar-refractivity contribution is 6.00. The molecule has 8 aromatic rings. The van der Waals surface area contributed by atoms with E-state index in [0.717, 1.165) is 11.4 Å². The van der Waals surface area contributed by atoms with Crippen LogP contribution in [0.25, 0.3) is 55.3 Å². The molecule has 0 saturated carbocycles. The average Bonchev–Trinajstić information content (AvgIpc) is 3.42. The van der Waals surface area contributed by atoms with Crippen molar-refractivity contribution in [1.29, 1.82) is 0 Å². The molecule has 0 aromatic heterocycles. The first-order valence-corrected chi connectivity index (χ1v) is 17.4. The van der Waals surface area contributed by atoms with Crippen LogP contribution in [0, 0.1) is 0 Å². The van der Waals surface area contributed by atoms with Crippen molar-refractivity contribution in [3.05, 3.63) is 199 Å². The fourth-order valence-electron chi connectivity index (χ4n) is 7.99. The van der Waals surface area contributed by atoms with Crippen LogP contribution in [0.15, 0.2) is 188 Å². The summed E-state index contributed by atoms with van der Waals surface area (Å²) in [4.78, 5) is 2.49. The van der Waals surface area contributed by atoms with Gasteiger partial charge in [0, 0.05) is 22.2 Å². The minimum Gasteiger partial charge on any atom is -0.309 e. The van der Waals surface area contributed by atoms with Gasteiger partial charge in [-0.15, -0.1) is 0 Å². The lowest BCUT2D eigenvalue weighted by Gasteiger charge is -2.31. The van der Waals surface area contributed by atoms with E-state index in [1.807, 2.05) is 0 Å². The minimum absolute atomic E-state index is 0.106. The van der Waals surface area contributed by atoms with Crippen molar-refractivity contribution in [1.82, 2.24) is 0 Å². The lowest BCUT2D eigenvalue weighted by atomic mass is 9.82. The maximum atomic E-state index is 2.49. The minimum atomic E-state index is -0.106. The smallest absolute Gasteiger partial charge is 0.0543 e. The Kier molecular flexibility index (Phi) is 7.21. The molecule has 238 valence electrons. The molecule has 0 saturated heterocycles. The van der Waals surface area contributed by atoms with Crippen LogP contribution in [0.5, 0.6) is 0 Å². The lowest BCUT2D eigenvalue weighted by molar-refractivity contribution is 0.660. The van der Waals surface area contributed by atoms with Gasteiger partial charge in [0.05, 0.1) is 11.4 Å². The SMILES string of the molecule is CC1(C)c2ccccc2-c2c(N(c3ccc(-c4cccc5ccccc45)cc3)c3ccc(-c4ccccc4)cc3-c3ccccc3)cccc21. The third-order valence-corrected chi connectivity index (χ3v) is 10.5. The summed E-state index contributed by atoms with van der Waals surface area (Å²) in [5.74, 6) is 0. The summed E-state index contributed by atoms with van der Waals surface area (Å²) < 4.78 is 0. The summed E-state index contributed by atoms with van der Waals surface area (Å²) >= 11 is 0. The monoisotopic (exact) mass is 639 g/mol. The summed E-state index contributed by atoms with van der Waals surface area (Å²) in [5.41, 5.74) is 15.9. The van der Waals surface area contributed by atoms with Crippen LogP contribution >= 0.6 is 0 Å². The van der Waals surface area contributed by atoms with Gasteiger partial charge in [0.15, 0.2) is 0 Å².